The molecule has 0 saturated carbocycles. The van der Waals surface area contributed by atoms with Crippen LogP contribution in [0.3, 0.4) is 0 Å². The van der Waals surface area contributed by atoms with Crippen molar-refractivity contribution in [2.45, 2.75) is 13.8 Å². The number of nitrogens with one attached hydrogen (secondary N) is 1. The highest BCUT2D eigenvalue weighted by Crippen LogP contribution is 2.34. The number of benzene rings is 2. The smallest absolute Gasteiger partial charge is 0.245 e. The van der Waals surface area contributed by atoms with Crippen molar-refractivity contribution in [3.05, 3.63) is 47.5 Å². The molecular weight excluding hydrogens is 356 g/mol. The molecule has 3 rings (SSSR count). The van der Waals surface area contributed by atoms with E-state index in [9.17, 15) is 13.2 Å². The summed E-state index contributed by atoms with van der Waals surface area (Å²) in [4.78, 5) is 12.5. The molecule has 8 heteroatoms. The van der Waals surface area contributed by atoms with Gasteiger partial charge in [0.15, 0.2) is 11.5 Å². The van der Waals surface area contributed by atoms with E-state index < -0.39 is 15.9 Å². The topological polar surface area (TPSA) is 84.9 Å². The van der Waals surface area contributed by atoms with Crippen LogP contribution in [0, 0.1) is 13.8 Å². The van der Waals surface area contributed by atoms with Crippen LogP contribution < -0.4 is 19.1 Å². The van der Waals surface area contributed by atoms with E-state index >= 15 is 0 Å². The zero-order valence-electron chi connectivity index (χ0n) is 14.8. The molecule has 0 unspecified atom stereocenters. The summed E-state index contributed by atoms with van der Waals surface area (Å²) < 4.78 is 36.2. The molecule has 7 nitrogen and oxygen atoms in total. The van der Waals surface area contributed by atoms with Crippen LogP contribution in [0.15, 0.2) is 36.4 Å². The Balaban J connectivity index is 1.82. The van der Waals surface area contributed by atoms with Crippen molar-refractivity contribution in [3.8, 4) is 11.5 Å². The maximum atomic E-state index is 12.5. The average Bonchev–Trinajstić information content (AvgIpc) is 3.00. The predicted molar refractivity (Wildman–Crippen MR) is 99.3 cm³/mol. The Bertz CT molecular complexity index is 936. The predicted octanol–water partition coefficient (Wildman–Crippen LogP) is 2.44. The summed E-state index contributed by atoms with van der Waals surface area (Å²) in [7, 11) is -3.63. The Hall–Kier alpha value is -2.74. The molecule has 1 N–H and O–H groups in total. The van der Waals surface area contributed by atoms with Crippen LogP contribution in [-0.4, -0.2) is 33.9 Å². The first-order valence-electron chi connectivity index (χ1n) is 7.99. The molecule has 2 aromatic rings. The first-order chi connectivity index (χ1) is 12.3. The number of amides is 1. The van der Waals surface area contributed by atoms with Crippen LogP contribution in [0.25, 0.3) is 0 Å². The van der Waals surface area contributed by atoms with Crippen LogP contribution >= 0.6 is 0 Å². The molecule has 0 saturated heterocycles. The highest BCUT2D eigenvalue weighted by atomic mass is 32.2. The zero-order chi connectivity index (χ0) is 18.9. The van der Waals surface area contributed by atoms with Gasteiger partial charge in [-0.15, -0.1) is 0 Å². The quantitative estimate of drug-likeness (QED) is 0.866. The number of aryl methyl sites for hydroxylation is 2. The monoisotopic (exact) mass is 376 g/mol. The molecule has 26 heavy (non-hydrogen) atoms. The summed E-state index contributed by atoms with van der Waals surface area (Å²) in [6, 6.07) is 10.5. The summed E-state index contributed by atoms with van der Waals surface area (Å²) in [6.07, 6.45) is 1.09. The van der Waals surface area contributed by atoms with Crippen LogP contribution in [0.1, 0.15) is 11.1 Å². The number of sulfonamides is 1. The minimum atomic E-state index is -3.63. The molecule has 1 amide bonds. The van der Waals surface area contributed by atoms with Crippen molar-refractivity contribution >= 4 is 27.3 Å². The fourth-order valence-electron chi connectivity index (χ4n) is 2.87. The lowest BCUT2D eigenvalue weighted by atomic mass is 10.1. The second-order valence-electron chi connectivity index (χ2n) is 6.13. The van der Waals surface area contributed by atoms with Gasteiger partial charge in [0.05, 0.1) is 11.9 Å². The molecule has 0 spiro atoms. The SMILES string of the molecule is Cc1cccc(C)c1N(CC(=O)Nc1ccc2c(c1)OCO2)S(C)(=O)=O. The standard InChI is InChI=1S/C18H20N2O5S/c1-12-5-4-6-13(2)18(12)20(26(3,22)23)10-17(21)19-14-7-8-15-16(9-14)25-11-24-15/h4-9H,10-11H2,1-3H3,(H,19,21). The molecule has 138 valence electrons. The lowest BCUT2D eigenvalue weighted by Gasteiger charge is -2.25. The third-order valence-corrected chi connectivity index (χ3v) is 5.15. The fourth-order valence-corrected chi connectivity index (χ4v) is 3.84. The largest absolute Gasteiger partial charge is 0.454 e. The number of anilines is 2. The zero-order valence-corrected chi connectivity index (χ0v) is 15.6. The van der Waals surface area contributed by atoms with Gasteiger partial charge in [0, 0.05) is 11.8 Å². The van der Waals surface area contributed by atoms with Crippen molar-refractivity contribution < 1.29 is 22.7 Å². The third kappa shape index (κ3) is 3.75. The normalized spacial score (nSPS) is 12.7. The molecule has 0 fully saturated rings. The maximum Gasteiger partial charge on any atom is 0.245 e. The van der Waals surface area contributed by atoms with Crippen molar-refractivity contribution in [2.24, 2.45) is 0 Å². The Morgan fingerprint density at radius 3 is 2.42 bits per heavy atom. The van der Waals surface area contributed by atoms with Crippen LogP contribution in [0.4, 0.5) is 11.4 Å². The van der Waals surface area contributed by atoms with Crippen molar-refractivity contribution in [2.75, 3.05) is 29.2 Å². The fraction of sp³-hybridized carbons (Fsp3) is 0.278. The minimum Gasteiger partial charge on any atom is -0.454 e. The van der Waals surface area contributed by atoms with Crippen LogP contribution in [0.2, 0.25) is 0 Å². The molecule has 0 aliphatic carbocycles. The molecule has 1 aliphatic rings. The first kappa shape index (κ1) is 18.1. The molecule has 0 radical (unpaired) electrons. The van der Waals surface area contributed by atoms with E-state index in [2.05, 4.69) is 5.32 Å². The highest BCUT2D eigenvalue weighted by molar-refractivity contribution is 7.92. The minimum absolute atomic E-state index is 0.140. The summed E-state index contributed by atoms with van der Waals surface area (Å²) in [6.45, 7) is 3.45. The first-order valence-corrected chi connectivity index (χ1v) is 9.84. The molecule has 0 aromatic heterocycles. The van der Waals surface area contributed by atoms with E-state index in [-0.39, 0.29) is 13.3 Å². The van der Waals surface area contributed by atoms with Crippen molar-refractivity contribution in [1.29, 1.82) is 0 Å². The van der Waals surface area contributed by atoms with Crippen LogP contribution in [0.5, 0.6) is 11.5 Å². The Kier molecular flexibility index (Phi) is 4.78. The van der Waals surface area contributed by atoms with E-state index in [1.54, 1.807) is 18.2 Å². The molecule has 1 heterocycles. The van der Waals surface area contributed by atoms with Crippen LogP contribution in [-0.2, 0) is 14.8 Å². The molecule has 2 aromatic carbocycles. The Morgan fingerprint density at radius 2 is 1.77 bits per heavy atom. The van der Waals surface area contributed by atoms with Gasteiger partial charge in [-0.2, -0.15) is 0 Å². The van der Waals surface area contributed by atoms with E-state index in [0.717, 1.165) is 21.7 Å². The van der Waals surface area contributed by atoms with Gasteiger partial charge in [0.1, 0.15) is 6.54 Å². The lowest BCUT2D eigenvalue weighted by molar-refractivity contribution is -0.114. The van der Waals surface area contributed by atoms with E-state index in [1.807, 2.05) is 32.0 Å². The second-order valence-corrected chi connectivity index (χ2v) is 8.03. The van der Waals surface area contributed by atoms with Gasteiger partial charge in [0.2, 0.25) is 22.7 Å². The average molecular weight is 376 g/mol. The summed E-state index contributed by atoms with van der Waals surface area (Å²) >= 11 is 0. The van der Waals surface area contributed by atoms with E-state index in [4.69, 9.17) is 9.47 Å². The Labute approximate surface area is 152 Å². The van der Waals surface area contributed by atoms with Crippen molar-refractivity contribution in [1.82, 2.24) is 0 Å². The number of hydrogen-bond acceptors (Lipinski definition) is 5. The number of rotatable bonds is 5. The Morgan fingerprint density at radius 1 is 1.12 bits per heavy atom. The molecular formula is C18H20N2O5S. The number of fused-ring (bicyclic) bond motifs is 1. The number of carbonyl (C=O) groups excluding carboxylic acids is 1. The van der Waals surface area contributed by atoms with Gasteiger partial charge in [-0.25, -0.2) is 8.42 Å². The number of carbonyl (C=O) groups is 1. The molecule has 1 aliphatic heterocycles. The van der Waals surface area contributed by atoms with Gasteiger partial charge >= 0.3 is 0 Å². The second kappa shape index (κ2) is 6.87. The highest BCUT2D eigenvalue weighted by Gasteiger charge is 2.24. The summed E-state index contributed by atoms with van der Waals surface area (Å²) in [5, 5.41) is 2.70. The molecule has 0 bridgehead atoms. The number of para-hydroxylation sites is 1. The molecule has 0 atom stereocenters. The third-order valence-electron chi connectivity index (χ3n) is 4.03. The van der Waals surface area contributed by atoms with Gasteiger partial charge in [-0.05, 0) is 37.1 Å². The van der Waals surface area contributed by atoms with Crippen molar-refractivity contribution in [3.63, 3.8) is 0 Å². The number of hydrogen-bond donors (Lipinski definition) is 1. The number of nitrogens with zero attached hydrogens (tertiary/aromatic N) is 1. The maximum absolute atomic E-state index is 12.5. The summed E-state index contributed by atoms with van der Waals surface area (Å²) in [5.41, 5.74) is 2.60. The van der Waals surface area contributed by atoms with Gasteiger partial charge in [0.25, 0.3) is 0 Å². The van der Waals surface area contributed by atoms with E-state index in [0.29, 0.717) is 22.9 Å². The van der Waals surface area contributed by atoms with E-state index in [1.165, 1.54) is 0 Å². The number of ether oxygens (including phenoxy) is 2. The van der Waals surface area contributed by atoms with Gasteiger partial charge in [-0.3, -0.25) is 9.10 Å². The van der Waals surface area contributed by atoms with Gasteiger partial charge in [-0.1, -0.05) is 18.2 Å². The summed E-state index contributed by atoms with van der Waals surface area (Å²) in [5.74, 6) is 0.700. The van der Waals surface area contributed by atoms with Gasteiger partial charge < -0.3 is 14.8 Å². The lowest BCUT2D eigenvalue weighted by Crippen LogP contribution is -2.38.